The summed E-state index contributed by atoms with van der Waals surface area (Å²) in [5.41, 5.74) is 0.975. The molecule has 0 unspecified atom stereocenters. The van der Waals surface area contributed by atoms with E-state index in [2.05, 4.69) is 5.16 Å². The molecule has 1 N–H and O–H groups in total. The summed E-state index contributed by atoms with van der Waals surface area (Å²) in [6.45, 7) is 1.58. The molecule has 0 spiro atoms. The lowest BCUT2D eigenvalue weighted by molar-refractivity contribution is 0.0696. The summed E-state index contributed by atoms with van der Waals surface area (Å²) in [4.78, 5) is 11.5. The van der Waals surface area contributed by atoms with Crippen LogP contribution in [0, 0.1) is 6.92 Å². The summed E-state index contributed by atoms with van der Waals surface area (Å²) in [7, 11) is 1.54. The summed E-state index contributed by atoms with van der Waals surface area (Å²) in [6.07, 6.45) is 0. The normalized spacial score (nSPS) is 10.8. The molecule has 2 aromatic carbocycles. The van der Waals surface area contributed by atoms with E-state index in [4.69, 9.17) is 9.26 Å². The fourth-order valence-corrected chi connectivity index (χ4v) is 2.46. The van der Waals surface area contributed by atoms with Crippen molar-refractivity contribution < 1.29 is 19.2 Å². The summed E-state index contributed by atoms with van der Waals surface area (Å²) in [5, 5.41) is 15.2. The van der Waals surface area contributed by atoms with E-state index < -0.39 is 5.97 Å². The maximum Gasteiger partial charge on any atom is 0.341 e. The van der Waals surface area contributed by atoms with Gasteiger partial charge < -0.3 is 14.4 Å². The number of carbonyl (C=O) groups is 1. The van der Waals surface area contributed by atoms with E-state index in [0.29, 0.717) is 11.3 Å². The van der Waals surface area contributed by atoms with Crippen LogP contribution in [0.5, 0.6) is 5.75 Å². The number of benzene rings is 2. The Hall–Kier alpha value is -2.82. The van der Waals surface area contributed by atoms with Crippen LogP contribution in [0.1, 0.15) is 16.1 Å². The number of hydrogen-bond acceptors (Lipinski definition) is 4. The molecule has 106 valence electrons. The van der Waals surface area contributed by atoms with Crippen LogP contribution in [-0.2, 0) is 0 Å². The van der Waals surface area contributed by atoms with E-state index in [1.807, 2.05) is 30.3 Å². The molecule has 21 heavy (non-hydrogen) atoms. The SMILES string of the molecule is COc1ccc2ccccc2c1-c1noc(C)c1C(=O)O. The van der Waals surface area contributed by atoms with Gasteiger partial charge in [0.05, 0.1) is 12.7 Å². The molecule has 0 aliphatic heterocycles. The maximum atomic E-state index is 11.5. The van der Waals surface area contributed by atoms with Gasteiger partial charge in [0.15, 0.2) is 0 Å². The van der Waals surface area contributed by atoms with Crippen molar-refractivity contribution in [1.29, 1.82) is 0 Å². The number of rotatable bonds is 3. The second-order valence-corrected chi connectivity index (χ2v) is 4.63. The lowest BCUT2D eigenvalue weighted by atomic mass is 9.98. The third-order valence-electron chi connectivity index (χ3n) is 3.42. The first-order valence-electron chi connectivity index (χ1n) is 6.39. The van der Waals surface area contributed by atoms with Crippen molar-refractivity contribution >= 4 is 16.7 Å². The molecule has 5 heteroatoms. The van der Waals surface area contributed by atoms with Crippen LogP contribution in [0.25, 0.3) is 22.0 Å². The Bertz CT molecular complexity index is 835. The third-order valence-corrected chi connectivity index (χ3v) is 3.42. The van der Waals surface area contributed by atoms with Gasteiger partial charge in [0, 0.05) is 0 Å². The van der Waals surface area contributed by atoms with Gasteiger partial charge in [-0.25, -0.2) is 4.79 Å². The Morgan fingerprint density at radius 1 is 1.24 bits per heavy atom. The molecule has 5 nitrogen and oxygen atoms in total. The van der Waals surface area contributed by atoms with Crippen LogP contribution in [-0.4, -0.2) is 23.3 Å². The van der Waals surface area contributed by atoms with Crippen molar-refractivity contribution in [2.75, 3.05) is 7.11 Å². The van der Waals surface area contributed by atoms with Gasteiger partial charge in [-0.05, 0) is 23.8 Å². The molecule has 3 aromatic rings. The Kier molecular flexibility index (Phi) is 3.10. The van der Waals surface area contributed by atoms with Crippen molar-refractivity contribution in [1.82, 2.24) is 5.16 Å². The fraction of sp³-hybridized carbons (Fsp3) is 0.125. The summed E-state index contributed by atoms with van der Waals surface area (Å²) in [5.74, 6) is -0.240. The first-order valence-corrected chi connectivity index (χ1v) is 6.39. The second kappa shape index (κ2) is 4.94. The van der Waals surface area contributed by atoms with E-state index in [0.717, 1.165) is 10.8 Å². The van der Waals surface area contributed by atoms with Gasteiger partial charge in [-0.3, -0.25) is 0 Å². The Balaban J connectivity index is 2.41. The Morgan fingerprint density at radius 3 is 2.71 bits per heavy atom. The highest BCUT2D eigenvalue weighted by Crippen LogP contribution is 2.38. The number of carboxylic acids is 1. The predicted octanol–water partition coefficient (Wildman–Crippen LogP) is 3.51. The molecule has 0 bridgehead atoms. The zero-order valence-corrected chi connectivity index (χ0v) is 11.6. The number of aromatic nitrogens is 1. The average molecular weight is 283 g/mol. The summed E-state index contributed by atoms with van der Waals surface area (Å²) >= 11 is 0. The molecule has 0 radical (unpaired) electrons. The number of nitrogens with zero attached hydrogens (tertiary/aromatic N) is 1. The van der Waals surface area contributed by atoms with Crippen LogP contribution >= 0.6 is 0 Å². The lowest BCUT2D eigenvalue weighted by Crippen LogP contribution is -2.00. The Labute approximate surface area is 120 Å². The molecule has 0 saturated heterocycles. The van der Waals surface area contributed by atoms with E-state index in [9.17, 15) is 9.90 Å². The molecule has 0 fully saturated rings. The fourth-order valence-electron chi connectivity index (χ4n) is 2.46. The Morgan fingerprint density at radius 2 is 2.00 bits per heavy atom. The van der Waals surface area contributed by atoms with Crippen LogP contribution in [0.15, 0.2) is 40.9 Å². The molecule has 1 heterocycles. The van der Waals surface area contributed by atoms with Crippen LogP contribution in [0.2, 0.25) is 0 Å². The molecule has 0 aliphatic rings. The van der Waals surface area contributed by atoms with Crippen molar-refractivity contribution in [2.45, 2.75) is 6.92 Å². The molecule has 3 rings (SSSR count). The van der Waals surface area contributed by atoms with Crippen molar-refractivity contribution in [3.63, 3.8) is 0 Å². The van der Waals surface area contributed by atoms with Crippen LogP contribution in [0.4, 0.5) is 0 Å². The standard InChI is InChI=1S/C16H13NO4/c1-9-13(16(18)19)15(17-21-9)14-11-6-4-3-5-10(11)7-8-12(14)20-2/h3-8H,1-2H3,(H,18,19). The molecular weight excluding hydrogens is 270 g/mol. The number of ether oxygens (including phenoxy) is 1. The molecule has 0 aliphatic carbocycles. The number of aryl methyl sites for hydroxylation is 1. The number of carboxylic acid groups (broad SMARTS) is 1. The summed E-state index contributed by atoms with van der Waals surface area (Å²) < 4.78 is 10.5. The van der Waals surface area contributed by atoms with Crippen LogP contribution < -0.4 is 4.74 Å². The smallest absolute Gasteiger partial charge is 0.341 e. The highest BCUT2D eigenvalue weighted by molar-refractivity contribution is 6.04. The monoisotopic (exact) mass is 283 g/mol. The van der Waals surface area contributed by atoms with Gasteiger partial charge in [0.25, 0.3) is 0 Å². The zero-order valence-electron chi connectivity index (χ0n) is 11.6. The van der Waals surface area contributed by atoms with Crippen molar-refractivity contribution in [3.8, 4) is 17.0 Å². The van der Waals surface area contributed by atoms with Gasteiger partial charge in [-0.15, -0.1) is 0 Å². The topological polar surface area (TPSA) is 72.6 Å². The van der Waals surface area contributed by atoms with Crippen molar-refractivity contribution in [3.05, 3.63) is 47.7 Å². The number of methoxy groups -OCH3 is 1. The van der Waals surface area contributed by atoms with Gasteiger partial charge in [0.2, 0.25) is 0 Å². The molecule has 0 atom stereocenters. The minimum atomic E-state index is -1.07. The maximum absolute atomic E-state index is 11.5. The summed E-state index contributed by atoms with van der Waals surface area (Å²) in [6, 6.07) is 11.4. The van der Waals surface area contributed by atoms with E-state index >= 15 is 0 Å². The van der Waals surface area contributed by atoms with Crippen molar-refractivity contribution in [2.24, 2.45) is 0 Å². The minimum Gasteiger partial charge on any atom is -0.496 e. The first kappa shape index (κ1) is 13.2. The highest BCUT2D eigenvalue weighted by Gasteiger charge is 2.24. The second-order valence-electron chi connectivity index (χ2n) is 4.63. The molecule has 0 amide bonds. The zero-order chi connectivity index (χ0) is 15.0. The number of fused-ring (bicyclic) bond motifs is 1. The van der Waals surface area contributed by atoms with Gasteiger partial charge >= 0.3 is 5.97 Å². The largest absolute Gasteiger partial charge is 0.496 e. The molecule has 0 saturated carbocycles. The van der Waals surface area contributed by atoms with Crippen LogP contribution in [0.3, 0.4) is 0 Å². The van der Waals surface area contributed by atoms with E-state index in [1.54, 1.807) is 20.1 Å². The molecular formula is C16H13NO4. The van der Waals surface area contributed by atoms with E-state index in [1.165, 1.54) is 0 Å². The van der Waals surface area contributed by atoms with Gasteiger partial charge in [0.1, 0.15) is 22.8 Å². The average Bonchev–Trinajstić information content (AvgIpc) is 2.87. The molecule has 1 aromatic heterocycles. The number of aromatic carboxylic acids is 1. The third kappa shape index (κ3) is 2.03. The first-order chi connectivity index (χ1) is 10.1. The highest BCUT2D eigenvalue weighted by atomic mass is 16.5. The van der Waals surface area contributed by atoms with Gasteiger partial charge in [-0.1, -0.05) is 35.5 Å². The quantitative estimate of drug-likeness (QED) is 0.796. The lowest BCUT2D eigenvalue weighted by Gasteiger charge is -2.10. The van der Waals surface area contributed by atoms with E-state index in [-0.39, 0.29) is 17.0 Å². The minimum absolute atomic E-state index is 0.0599. The predicted molar refractivity (Wildman–Crippen MR) is 77.7 cm³/mol. The number of hydrogen-bond donors (Lipinski definition) is 1. The van der Waals surface area contributed by atoms with Gasteiger partial charge in [-0.2, -0.15) is 0 Å².